The van der Waals surface area contributed by atoms with Crippen LogP contribution in [0.2, 0.25) is 0 Å². The van der Waals surface area contributed by atoms with Crippen LogP contribution >= 0.6 is 98.4 Å². The first-order valence-corrected chi connectivity index (χ1v) is 32.2. The molecule has 1 saturated heterocycles. The van der Waals surface area contributed by atoms with Gasteiger partial charge in [-0.25, -0.2) is 0 Å². The summed E-state index contributed by atoms with van der Waals surface area (Å²) in [6, 6.07) is 0. The number of halogens is 6. The standard InChI is InChI=1S/C10H16O.C10H18O.C10H16O.I3.I2.HI.H2/c1-8-4-6-10(7-5-8)9(2,3)11-10;2*1-8(2)10(11)6-4-9(3)5-7-10;1-3-2;1-2;;/h4H,5-7H2,1-3H3;4,8,11H,5-7H2,1-3H3;4,11H,1,5-7H2,2-3H3;;;2*1H/q;;;-1;;;. The molecule has 3 unspecified atom stereocenters. The molecule has 1 heterocycles. The van der Waals surface area contributed by atoms with Gasteiger partial charge in [0.15, 0.2) is 0 Å². The Morgan fingerprint density at radius 3 is 1.54 bits per heavy atom. The number of hydrogen-bond donors (Lipinski definition) is 2. The fourth-order valence-corrected chi connectivity index (χ4v) is 4.88. The minimum Gasteiger partial charge on any atom is 0 e. The van der Waals surface area contributed by atoms with E-state index in [1.165, 1.54) is 29.6 Å². The molecule has 4 aliphatic rings. The van der Waals surface area contributed by atoms with Gasteiger partial charge in [-0.2, -0.15) is 0 Å². The summed E-state index contributed by atoms with van der Waals surface area (Å²) in [5.74, 6) is 0.381. The van der Waals surface area contributed by atoms with Gasteiger partial charge in [0.2, 0.25) is 0 Å². The van der Waals surface area contributed by atoms with Crippen LogP contribution in [0.15, 0.2) is 47.1 Å². The van der Waals surface area contributed by atoms with Crippen LogP contribution in [0.25, 0.3) is 0 Å². The number of rotatable bonds is 2. The SMILES string of the molecule is C=C(C)C1(O)CC=C(C)CC1.CC1=CCC(O)(C(C)C)CC1.CC1=CCC2(CC1)OC2(C)C.I.II.I[I-]I.[HH]. The maximum absolute atomic E-state index is 10.0. The molecule has 1 spiro atoms. The third-order valence-electron chi connectivity index (χ3n) is 8.56. The second-order valence-corrected chi connectivity index (χ2v) is 28.2. The molecule has 39 heavy (non-hydrogen) atoms. The van der Waals surface area contributed by atoms with Gasteiger partial charge in [0.1, 0.15) is 5.60 Å². The topological polar surface area (TPSA) is 53.0 Å². The Bertz CT molecular complexity index is 821. The molecule has 1 aliphatic heterocycles. The Morgan fingerprint density at radius 2 is 1.28 bits per heavy atom. The zero-order valence-electron chi connectivity index (χ0n) is 25.0. The van der Waals surface area contributed by atoms with Gasteiger partial charge < -0.3 is 14.9 Å². The maximum atomic E-state index is 10.0. The van der Waals surface area contributed by atoms with E-state index < -0.39 is 11.2 Å². The molecular formula is C30H53I6O3-. The van der Waals surface area contributed by atoms with Gasteiger partial charge in [-0.05, 0) is 111 Å². The first-order chi connectivity index (χ1) is 17.6. The van der Waals surface area contributed by atoms with Gasteiger partial charge >= 0.3 is 50.5 Å². The first kappa shape index (κ1) is 44.3. The zero-order chi connectivity index (χ0) is 29.8. The first-order valence-electron chi connectivity index (χ1n) is 13.4. The van der Waals surface area contributed by atoms with E-state index in [0.717, 1.165) is 50.5 Å². The molecule has 0 aromatic heterocycles. The van der Waals surface area contributed by atoms with Crippen molar-refractivity contribution in [3.63, 3.8) is 0 Å². The van der Waals surface area contributed by atoms with Crippen molar-refractivity contribution in [2.75, 3.05) is 0 Å². The molecule has 0 aromatic rings. The molecule has 0 aromatic carbocycles. The van der Waals surface area contributed by atoms with E-state index in [4.69, 9.17) is 4.74 Å². The average Bonchev–Trinajstić information content (AvgIpc) is 3.41. The molecule has 3 aliphatic carbocycles. The van der Waals surface area contributed by atoms with Gasteiger partial charge in [0.25, 0.3) is 0 Å². The minimum atomic E-state index is -0.612. The van der Waals surface area contributed by atoms with Crippen molar-refractivity contribution in [2.45, 2.75) is 136 Å². The fraction of sp³-hybridized carbons (Fsp3) is 0.733. The van der Waals surface area contributed by atoms with Crippen molar-refractivity contribution in [3.05, 3.63) is 47.1 Å². The predicted octanol–water partition coefficient (Wildman–Crippen LogP) is 9.00. The second kappa shape index (κ2) is 21.1. The van der Waals surface area contributed by atoms with Crippen LogP contribution in [0, 0.1) is 5.92 Å². The molecular weight excluding hydrogens is 1170 g/mol. The minimum absolute atomic E-state index is 0. The summed E-state index contributed by atoms with van der Waals surface area (Å²) in [7, 11) is 0. The van der Waals surface area contributed by atoms with Crippen LogP contribution in [-0.4, -0.2) is 32.6 Å². The molecule has 234 valence electrons. The average molecular weight is 1220 g/mol. The van der Waals surface area contributed by atoms with Crippen LogP contribution in [0.5, 0.6) is 0 Å². The van der Waals surface area contributed by atoms with Crippen molar-refractivity contribution in [1.82, 2.24) is 0 Å². The van der Waals surface area contributed by atoms with Crippen LogP contribution in [0.1, 0.15) is 115 Å². The molecule has 2 N–H and O–H groups in total. The Kier molecular flexibility index (Phi) is 24.0. The molecule has 9 heteroatoms. The van der Waals surface area contributed by atoms with E-state index in [-0.39, 0.29) is 36.6 Å². The Hall–Kier alpha value is 3.22. The van der Waals surface area contributed by atoms with E-state index in [9.17, 15) is 10.2 Å². The molecule has 0 amide bonds. The van der Waals surface area contributed by atoms with Gasteiger partial charge in [-0.1, -0.05) is 55.4 Å². The van der Waals surface area contributed by atoms with Gasteiger partial charge in [0, 0.05) is 38.7 Å². The normalized spacial score (nSPS) is 30.1. The summed E-state index contributed by atoms with van der Waals surface area (Å²) >= 11 is 9.54. The Labute approximate surface area is 311 Å². The molecule has 4 rings (SSSR count). The molecule has 0 bridgehead atoms. The molecule has 3 nitrogen and oxygen atoms in total. The van der Waals surface area contributed by atoms with Gasteiger partial charge in [0.05, 0.1) is 16.8 Å². The van der Waals surface area contributed by atoms with Crippen LogP contribution < -0.4 is 13.3 Å². The van der Waals surface area contributed by atoms with E-state index in [1.807, 2.05) is 6.92 Å². The van der Waals surface area contributed by atoms with Crippen LogP contribution in [-0.2, 0) is 4.74 Å². The number of allylic oxidation sites excluding steroid dienone is 3. The van der Waals surface area contributed by atoms with Crippen LogP contribution in [0.4, 0.5) is 0 Å². The maximum Gasteiger partial charge on any atom is 0 e. The van der Waals surface area contributed by atoms with E-state index in [2.05, 4.69) is 148 Å². The Balaban J connectivity index is -0.000000464. The number of epoxide rings is 1. The molecule has 0 saturated carbocycles. The largest absolute Gasteiger partial charge is 0 e. The van der Waals surface area contributed by atoms with E-state index in [1.54, 1.807) is 0 Å². The molecule has 3 atom stereocenters. The summed E-state index contributed by atoms with van der Waals surface area (Å²) in [5, 5.41) is 19.9. The monoisotopic (exact) mass is 1220 g/mol. The van der Waals surface area contributed by atoms with Crippen molar-refractivity contribution < 1.29 is 29.6 Å². The summed E-state index contributed by atoms with van der Waals surface area (Å²) in [6.07, 6.45) is 15.6. The van der Waals surface area contributed by atoms with Gasteiger partial charge in [-0.3, -0.25) is 0 Å². The second-order valence-electron chi connectivity index (χ2n) is 12.0. The fourth-order valence-electron chi connectivity index (χ4n) is 4.88. The third-order valence-corrected chi connectivity index (χ3v) is 8.56. The number of aliphatic hydroxyl groups is 2. The number of ether oxygens (including phenoxy) is 1. The van der Waals surface area contributed by atoms with Crippen molar-refractivity contribution >= 4 is 98.4 Å². The van der Waals surface area contributed by atoms with E-state index >= 15 is 0 Å². The van der Waals surface area contributed by atoms with Gasteiger partial charge in [-0.15, -0.1) is 24.0 Å². The summed E-state index contributed by atoms with van der Waals surface area (Å²) < 4.78 is 5.74. The summed E-state index contributed by atoms with van der Waals surface area (Å²) in [6.45, 7) is 20.7. The molecule has 1 fully saturated rings. The smallest absolute Gasteiger partial charge is 0 e. The summed E-state index contributed by atoms with van der Waals surface area (Å²) in [5.41, 5.74) is 4.59. The van der Waals surface area contributed by atoms with Crippen molar-refractivity contribution in [2.24, 2.45) is 5.92 Å². The van der Waals surface area contributed by atoms with Crippen molar-refractivity contribution in [1.29, 1.82) is 0 Å². The Morgan fingerprint density at radius 1 is 0.897 bits per heavy atom. The molecule has 0 radical (unpaired) electrons. The van der Waals surface area contributed by atoms with Crippen molar-refractivity contribution in [3.8, 4) is 0 Å². The quantitative estimate of drug-likeness (QED) is 0.165. The predicted molar refractivity (Wildman–Crippen MR) is 214 cm³/mol. The summed E-state index contributed by atoms with van der Waals surface area (Å²) in [4.78, 5) is 0. The zero-order valence-corrected chi connectivity index (χ0v) is 38.1. The van der Waals surface area contributed by atoms with E-state index in [0.29, 0.717) is 19.2 Å². The third kappa shape index (κ3) is 15.4. The van der Waals surface area contributed by atoms with Crippen LogP contribution in [0.3, 0.4) is 0 Å². The number of hydrogen-bond acceptors (Lipinski definition) is 3.